The van der Waals surface area contributed by atoms with Crippen LogP contribution in [-0.4, -0.2) is 38.8 Å². The van der Waals surface area contributed by atoms with E-state index in [-0.39, 0.29) is 11.4 Å². The molecule has 1 aliphatic heterocycles. The fourth-order valence-corrected chi connectivity index (χ4v) is 3.24. The van der Waals surface area contributed by atoms with Crippen LogP contribution in [0.25, 0.3) is 0 Å². The number of fused-ring (bicyclic) bond motifs is 1. The predicted molar refractivity (Wildman–Crippen MR) is 84.3 cm³/mol. The van der Waals surface area contributed by atoms with Crippen LogP contribution < -0.4 is 5.32 Å². The lowest BCUT2D eigenvalue weighted by atomic mass is 9.83. The highest BCUT2D eigenvalue weighted by Crippen LogP contribution is 2.34. The molecule has 120 valence electrons. The summed E-state index contributed by atoms with van der Waals surface area (Å²) in [6.07, 6.45) is 5.91. The lowest BCUT2D eigenvalue weighted by molar-refractivity contribution is 0.176. The van der Waals surface area contributed by atoms with Crippen LogP contribution in [0, 0.1) is 12.3 Å². The number of nitrogens with one attached hydrogen (secondary N) is 1. The maximum absolute atomic E-state index is 12.4. The monoisotopic (exact) mass is 303 g/mol. The highest BCUT2D eigenvalue weighted by atomic mass is 16.2. The van der Waals surface area contributed by atoms with E-state index in [1.807, 2.05) is 16.5 Å². The second-order valence-electron chi connectivity index (χ2n) is 6.88. The molecule has 0 saturated carbocycles. The van der Waals surface area contributed by atoms with E-state index in [0.717, 1.165) is 24.6 Å². The molecule has 1 aromatic heterocycles. The second kappa shape index (κ2) is 5.74. The number of hydrogen-bond acceptors (Lipinski definition) is 3. The number of allylic oxidation sites excluding steroid dienone is 1. The number of hydrogen-bond donors (Lipinski definition) is 1. The molecule has 0 spiro atoms. The first kappa shape index (κ1) is 15.1. The van der Waals surface area contributed by atoms with E-state index in [0.29, 0.717) is 19.6 Å². The Morgan fingerprint density at radius 3 is 2.95 bits per heavy atom. The second-order valence-corrected chi connectivity index (χ2v) is 6.88. The number of rotatable bonds is 3. The van der Waals surface area contributed by atoms with Gasteiger partial charge in [0.2, 0.25) is 0 Å². The topological polar surface area (TPSA) is 63.1 Å². The van der Waals surface area contributed by atoms with E-state index in [9.17, 15) is 4.79 Å². The van der Waals surface area contributed by atoms with Gasteiger partial charge in [0, 0.05) is 18.5 Å². The number of carbonyl (C=O) groups excluding carboxylic acids is 1. The highest BCUT2D eigenvalue weighted by molar-refractivity contribution is 5.74. The van der Waals surface area contributed by atoms with Gasteiger partial charge in [0.05, 0.1) is 13.1 Å². The summed E-state index contributed by atoms with van der Waals surface area (Å²) in [7, 11) is 0. The van der Waals surface area contributed by atoms with Gasteiger partial charge < -0.3 is 10.2 Å². The zero-order valence-electron chi connectivity index (χ0n) is 13.7. The Morgan fingerprint density at radius 2 is 2.23 bits per heavy atom. The van der Waals surface area contributed by atoms with E-state index in [4.69, 9.17) is 0 Å². The van der Waals surface area contributed by atoms with Crippen LogP contribution in [0.5, 0.6) is 0 Å². The molecule has 6 nitrogen and oxygen atoms in total. The van der Waals surface area contributed by atoms with Crippen LogP contribution in [0.1, 0.15) is 44.8 Å². The van der Waals surface area contributed by atoms with Crippen molar-refractivity contribution in [3.8, 4) is 0 Å². The van der Waals surface area contributed by atoms with Crippen molar-refractivity contribution < 1.29 is 4.79 Å². The first-order chi connectivity index (χ1) is 10.5. The molecule has 0 bridgehead atoms. The van der Waals surface area contributed by atoms with Crippen molar-refractivity contribution in [3.05, 3.63) is 23.3 Å². The molecule has 0 radical (unpaired) electrons. The minimum Gasteiger partial charge on any atom is -0.337 e. The number of nitrogens with zero attached hydrogens (tertiary/aromatic N) is 4. The molecule has 0 aromatic carbocycles. The largest absolute Gasteiger partial charge is 0.337 e. The van der Waals surface area contributed by atoms with E-state index >= 15 is 0 Å². The van der Waals surface area contributed by atoms with Crippen molar-refractivity contribution in [2.75, 3.05) is 13.1 Å². The maximum Gasteiger partial charge on any atom is 0.317 e. The summed E-state index contributed by atoms with van der Waals surface area (Å²) in [4.78, 5) is 18.6. The van der Waals surface area contributed by atoms with Crippen molar-refractivity contribution in [1.29, 1.82) is 0 Å². The van der Waals surface area contributed by atoms with Crippen molar-refractivity contribution in [3.63, 3.8) is 0 Å². The fourth-order valence-electron chi connectivity index (χ4n) is 3.24. The van der Waals surface area contributed by atoms with Gasteiger partial charge >= 0.3 is 6.03 Å². The smallest absolute Gasteiger partial charge is 0.317 e. The zero-order valence-corrected chi connectivity index (χ0v) is 13.7. The average molecular weight is 303 g/mol. The minimum atomic E-state index is -0.00132. The molecule has 2 heterocycles. The molecule has 3 rings (SSSR count). The molecule has 1 N–H and O–H groups in total. The Kier molecular flexibility index (Phi) is 3.93. The van der Waals surface area contributed by atoms with Crippen LogP contribution in [0.4, 0.5) is 4.79 Å². The first-order valence-electron chi connectivity index (χ1n) is 8.08. The molecule has 2 aliphatic rings. The van der Waals surface area contributed by atoms with E-state index in [2.05, 4.69) is 35.3 Å². The average Bonchev–Trinajstić information content (AvgIpc) is 3.12. The molecule has 1 aromatic rings. The quantitative estimate of drug-likeness (QED) is 0.871. The highest BCUT2D eigenvalue weighted by Gasteiger charge is 2.28. The zero-order chi connectivity index (χ0) is 15.7. The third-order valence-corrected chi connectivity index (χ3v) is 4.65. The van der Waals surface area contributed by atoms with Gasteiger partial charge in [-0.15, -0.1) is 0 Å². The number of aryl methyl sites for hydroxylation is 1. The Hall–Kier alpha value is -1.85. The summed E-state index contributed by atoms with van der Waals surface area (Å²) in [5.74, 6) is 1.64. The van der Waals surface area contributed by atoms with E-state index < -0.39 is 0 Å². The summed E-state index contributed by atoms with van der Waals surface area (Å²) in [6.45, 7) is 8.92. The summed E-state index contributed by atoms with van der Waals surface area (Å²) >= 11 is 0. The molecule has 0 fully saturated rings. The van der Waals surface area contributed by atoms with Crippen molar-refractivity contribution in [2.24, 2.45) is 5.41 Å². The van der Waals surface area contributed by atoms with Gasteiger partial charge in [-0.05, 0) is 26.2 Å². The van der Waals surface area contributed by atoms with Crippen LogP contribution in [0.2, 0.25) is 0 Å². The maximum atomic E-state index is 12.4. The summed E-state index contributed by atoms with van der Waals surface area (Å²) < 4.78 is 1.90. The number of aromatic nitrogens is 3. The van der Waals surface area contributed by atoms with Crippen molar-refractivity contribution in [1.82, 2.24) is 25.0 Å². The molecule has 22 heavy (non-hydrogen) atoms. The normalized spacial score (nSPS) is 18.1. The molecular formula is C16H25N5O. The Bertz CT molecular complexity index is 602. The van der Waals surface area contributed by atoms with Crippen LogP contribution in [0.15, 0.2) is 11.6 Å². The Labute approximate surface area is 131 Å². The summed E-state index contributed by atoms with van der Waals surface area (Å²) in [6, 6.07) is -0.00132. The van der Waals surface area contributed by atoms with Crippen LogP contribution in [-0.2, 0) is 13.1 Å². The van der Waals surface area contributed by atoms with Crippen molar-refractivity contribution >= 4 is 6.03 Å². The minimum absolute atomic E-state index is 0.00132. The molecular weight excluding hydrogens is 278 g/mol. The molecule has 0 saturated heterocycles. The van der Waals surface area contributed by atoms with Gasteiger partial charge in [-0.1, -0.05) is 25.5 Å². The molecule has 2 amide bonds. The molecule has 0 atom stereocenters. The Balaban J connectivity index is 1.56. The summed E-state index contributed by atoms with van der Waals surface area (Å²) in [5.41, 5.74) is 1.51. The first-order valence-corrected chi connectivity index (χ1v) is 8.08. The lowest BCUT2D eigenvalue weighted by Crippen LogP contribution is -2.47. The number of carbonyl (C=O) groups is 1. The third-order valence-electron chi connectivity index (χ3n) is 4.65. The van der Waals surface area contributed by atoms with Gasteiger partial charge in [0.25, 0.3) is 0 Å². The Morgan fingerprint density at radius 1 is 1.41 bits per heavy atom. The van der Waals surface area contributed by atoms with Gasteiger partial charge in [-0.25, -0.2) is 14.5 Å². The number of urea groups is 1. The standard InChI is InChI=1S/C16H25N5O/c1-12-18-14-10-20(8-9-21(14)19-12)15(22)17-11-16(2,3)13-6-4-5-7-13/h6H,4-5,7-11H2,1-3H3,(H,17,22). The molecule has 6 heteroatoms. The van der Waals surface area contributed by atoms with Gasteiger partial charge in [0.15, 0.2) is 0 Å². The van der Waals surface area contributed by atoms with Gasteiger partial charge in [-0.2, -0.15) is 5.10 Å². The van der Waals surface area contributed by atoms with Gasteiger partial charge in [0.1, 0.15) is 11.6 Å². The summed E-state index contributed by atoms with van der Waals surface area (Å²) in [5, 5.41) is 7.42. The molecule has 0 unspecified atom stereocenters. The van der Waals surface area contributed by atoms with Crippen LogP contribution in [0.3, 0.4) is 0 Å². The third kappa shape index (κ3) is 3.00. The lowest BCUT2D eigenvalue weighted by Gasteiger charge is -2.31. The van der Waals surface area contributed by atoms with Crippen molar-refractivity contribution in [2.45, 2.75) is 53.1 Å². The van der Waals surface area contributed by atoms with E-state index in [1.165, 1.54) is 18.4 Å². The fraction of sp³-hybridized carbons (Fsp3) is 0.688. The van der Waals surface area contributed by atoms with Crippen LogP contribution >= 0.6 is 0 Å². The SMILES string of the molecule is Cc1nc2n(n1)CCN(C(=O)NCC(C)(C)C1=CCCC1)C2. The van der Waals surface area contributed by atoms with Gasteiger partial charge in [-0.3, -0.25) is 0 Å². The van der Waals surface area contributed by atoms with E-state index in [1.54, 1.807) is 0 Å². The number of amides is 2. The predicted octanol–water partition coefficient (Wildman–Crippen LogP) is 2.25. The molecule has 1 aliphatic carbocycles.